The molecule has 0 amide bonds. The van der Waals surface area contributed by atoms with Crippen LogP contribution in [0.25, 0.3) is 16.6 Å². The van der Waals surface area contributed by atoms with Crippen molar-refractivity contribution in [3.63, 3.8) is 0 Å². The van der Waals surface area contributed by atoms with Gasteiger partial charge in [0.1, 0.15) is 11.3 Å². The van der Waals surface area contributed by atoms with Gasteiger partial charge in [0.2, 0.25) is 5.88 Å². The molecule has 8 heteroatoms. The summed E-state index contributed by atoms with van der Waals surface area (Å²) in [6.45, 7) is 0.768. The fourth-order valence-corrected chi connectivity index (χ4v) is 4.49. The number of ether oxygens (including phenoxy) is 1. The average Bonchev–Trinajstić information content (AvgIpc) is 3.18. The van der Waals surface area contributed by atoms with Crippen LogP contribution in [0.5, 0.6) is 11.6 Å². The summed E-state index contributed by atoms with van der Waals surface area (Å²) in [5.74, 6) is 0.309. The van der Waals surface area contributed by atoms with Crippen molar-refractivity contribution < 1.29 is 15.2 Å². The Balaban J connectivity index is 1.75. The van der Waals surface area contributed by atoms with E-state index in [1.807, 2.05) is 23.5 Å². The Kier molecular flexibility index (Phi) is 4.44. The van der Waals surface area contributed by atoms with Crippen LogP contribution in [0.1, 0.15) is 22.9 Å². The Morgan fingerprint density at radius 3 is 2.61 bits per heavy atom. The summed E-state index contributed by atoms with van der Waals surface area (Å²) in [5.41, 5.74) is 2.49. The fourth-order valence-electron chi connectivity index (χ4n) is 4.49. The van der Waals surface area contributed by atoms with E-state index in [1.165, 1.54) is 7.05 Å². The maximum Gasteiger partial charge on any atom is 0.338 e. The number of methoxy groups -OCH3 is 1. The molecule has 1 atom stereocenters. The van der Waals surface area contributed by atoms with Gasteiger partial charge >= 0.3 is 5.69 Å². The molecule has 31 heavy (non-hydrogen) atoms. The predicted molar refractivity (Wildman–Crippen MR) is 116 cm³/mol. The Morgan fingerprint density at radius 2 is 1.87 bits per heavy atom. The number of aromatic hydroxyl groups is 1. The van der Waals surface area contributed by atoms with E-state index >= 15 is 0 Å². The maximum atomic E-state index is 13.6. The zero-order chi connectivity index (χ0) is 21.7. The van der Waals surface area contributed by atoms with Crippen LogP contribution in [0, 0.1) is 0 Å². The molecule has 2 aromatic heterocycles. The highest BCUT2D eigenvalue weighted by atomic mass is 16.5. The van der Waals surface area contributed by atoms with Gasteiger partial charge in [0.05, 0.1) is 25.0 Å². The first-order chi connectivity index (χ1) is 15.0. The lowest BCUT2D eigenvalue weighted by Crippen LogP contribution is -2.88. The molecule has 0 radical (unpaired) electrons. The second kappa shape index (κ2) is 7.17. The third-order valence-electron chi connectivity index (χ3n) is 6.07. The zero-order valence-electron chi connectivity index (χ0n) is 17.3. The van der Waals surface area contributed by atoms with E-state index in [-0.39, 0.29) is 11.4 Å². The van der Waals surface area contributed by atoms with Crippen molar-refractivity contribution in [2.75, 3.05) is 13.7 Å². The summed E-state index contributed by atoms with van der Waals surface area (Å²) in [7, 11) is 3.02. The van der Waals surface area contributed by atoms with Crippen LogP contribution in [0.15, 0.2) is 58.1 Å². The van der Waals surface area contributed by atoms with Gasteiger partial charge in [-0.2, -0.15) is 0 Å². The minimum Gasteiger partial charge on any atom is -0.497 e. The molecule has 8 nitrogen and oxygen atoms in total. The second-order valence-electron chi connectivity index (χ2n) is 7.73. The van der Waals surface area contributed by atoms with Gasteiger partial charge in [-0.3, -0.25) is 9.36 Å². The van der Waals surface area contributed by atoms with Crippen LogP contribution in [-0.2, 0) is 13.5 Å². The lowest BCUT2D eigenvalue weighted by molar-refractivity contribution is -0.690. The van der Waals surface area contributed by atoms with Crippen molar-refractivity contribution in [2.45, 2.75) is 12.5 Å². The van der Waals surface area contributed by atoms with E-state index in [9.17, 15) is 14.7 Å². The van der Waals surface area contributed by atoms with Crippen molar-refractivity contribution in [3.8, 4) is 17.3 Å². The summed E-state index contributed by atoms with van der Waals surface area (Å²) in [5, 5.41) is 14.0. The molecule has 0 aliphatic carbocycles. The summed E-state index contributed by atoms with van der Waals surface area (Å²) in [6, 6.07) is 14.3. The SMILES string of the molecule is COc1ccc(-n2c(=O)c([C@@H]3[NH2+]CCc4c3[nH]c3ccccc43)c(O)n(C)c2=O)cc1. The van der Waals surface area contributed by atoms with E-state index < -0.39 is 17.3 Å². The van der Waals surface area contributed by atoms with E-state index in [0.29, 0.717) is 11.4 Å². The van der Waals surface area contributed by atoms with Crippen molar-refractivity contribution in [1.82, 2.24) is 14.1 Å². The minimum atomic E-state index is -0.607. The number of aromatic amines is 1. The van der Waals surface area contributed by atoms with Gasteiger partial charge in [0.15, 0.2) is 6.04 Å². The Morgan fingerprint density at radius 1 is 1.13 bits per heavy atom. The van der Waals surface area contributed by atoms with Crippen LogP contribution < -0.4 is 21.3 Å². The Labute approximate surface area is 177 Å². The molecule has 5 rings (SSSR count). The van der Waals surface area contributed by atoms with Gasteiger partial charge in [-0.05, 0) is 35.9 Å². The normalized spacial score (nSPS) is 15.7. The highest BCUT2D eigenvalue weighted by Gasteiger charge is 2.35. The Hall–Kier alpha value is -3.78. The lowest BCUT2D eigenvalue weighted by Gasteiger charge is -2.23. The number of nitrogens with zero attached hydrogens (tertiary/aromatic N) is 2. The molecule has 1 aliphatic heterocycles. The Bertz CT molecular complexity index is 1410. The molecular weight excluding hydrogens is 396 g/mol. The topological polar surface area (TPSA) is 106 Å². The molecule has 4 aromatic rings. The number of para-hydroxylation sites is 1. The first-order valence-corrected chi connectivity index (χ1v) is 10.1. The summed E-state index contributed by atoms with van der Waals surface area (Å²) in [4.78, 5) is 29.9. The smallest absolute Gasteiger partial charge is 0.338 e. The minimum absolute atomic E-state index is 0.186. The molecule has 0 fully saturated rings. The second-order valence-corrected chi connectivity index (χ2v) is 7.73. The van der Waals surface area contributed by atoms with Gasteiger partial charge in [0.25, 0.3) is 5.56 Å². The lowest BCUT2D eigenvalue weighted by atomic mass is 9.95. The number of benzene rings is 2. The van der Waals surface area contributed by atoms with Gasteiger partial charge in [-0.1, -0.05) is 18.2 Å². The molecule has 158 valence electrons. The quantitative estimate of drug-likeness (QED) is 0.460. The highest BCUT2D eigenvalue weighted by molar-refractivity contribution is 5.85. The van der Waals surface area contributed by atoms with E-state index in [1.54, 1.807) is 31.4 Å². The van der Waals surface area contributed by atoms with Crippen molar-refractivity contribution in [2.24, 2.45) is 7.05 Å². The maximum absolute atomic E-state index is 13.6. The van der Waals surface area contributed by atoms with Crippen LogP contribution in [-0.4, -0.2) is 32.9 Å². The third-order valence-corrected chi connectivity index (χ3v) is 6.07. The molecule has 4 N–H and O–H groups in total. The molecule has 3 heterocycles. The summed E-state index contributed by atoms with van der Waals surface area (Å²) >= 11 is 0. The first kappa shape index (κ1) is 19.2. The van der Waals surface area contributed by atoms with E-state index in [2.05, 4.69) is 11.1 Å². The van der Waals surface area contributed by atoms with Crippen molar-refractivity contribution >= 4 is 10.9 Å². The van der Waals surface area contributed by atoms with Crippen LogP contribution >= 0.6 is 0 Å². The number of fused-ring (bicyclic) bond motifs is 3. The van der Waals surface area contributed by atoms with Crippen LogP contribution in [0.3, 0.4) is 0 Å². The summed E-state index contributed by atoms with van der Waals surface area (Å²) in [6.07, 6.45) is 0.856. The molecule has 0 saturated heterocycles. The molecule has 0 saturated carbocycles. The molecular formula is C23H23N4O4+. The third kappa shape index (κ3) is 2.87. The molecule has 1 aliphatic rings. The first-order valence-electron chi connectivity index (χ1n) is 10.1. The van der Waals surface area contributed by atoms with Gasteiger partial charge in [-0.15, -0.1) is 0 Å². The van der Waals surface area contributed by atoms with E-state index in [4.69, 9.17) is 4.74 Å². The molecule has 0 bridgehead atoms. The van der Waals surface area contributed by atoms with Crippen molar-refractivity contribution in [1.29, 1.82) is 0 Å². The number of nitrogens with two attached hydrogens (primary N) is 1. The van der Waals surface area contributed by atoms with Gasteiger partial charge in [0, 0.05) is 24.4 Å². The predicted octanol–water partition coefficient (Wildman–Crippen LogP) is 0.941. The number of H-pyrrole nitrogens is 1. The van der Waals surface area contributed by atoms with Gasteiger partial charge < -0.3 is 20.1 Å². The highest BCUT2D eigenvalue weighted by Crippen LogP contribution is 2.32. The molecule has 0 spiro atoms. The number of quaternary nitrogens is 1. The summed E-state index contributed by atoms with van der Waals surface area (Å²) < 4.78 is 7.39. The number of hydrogen-bond acceptors (Lipinski definition) is 4. The van der Waals surface area contributed by atoms with Crippen LogP contribution in [0.4, 0.5) is 0 Å². The van der Waals surface area contributed by atoms with Gasteiger partial charge in [-0.25, -0.2) is 9.36 Å². The number of hydrogen-bond donors (Lipinski definition) is 3. The fraction of sp³-hybridized carbons (Fsp3) is 0.217. The monoisotopic (exact) mass is 419 g/mol. The largest absolute Gasteiger partial charge is 0.497 e. The molecule has 0 unspecified atom stereocenters. The van der Waals surface area contributed by atoms with E-state index in [0.717, 1.165) is 44.3 Å². The molecule has 2 aromatic carbocycles. The standard InChI is InChI=1S/C23H22N4O4/c1-26-21(28)18(22(29)27(23(26)30)13-7-9-14(31-2)10-8-13)20-19-16(11-12-24-20)15-5-3-4-6-17(15)25-19/h3-10,20,24-25,28H,11-12H2,1-2H3/p+1/t20-/m0/s1. The average molecular weight is 419 g/mol. The van der Waals surface area contributed by atoms with Crippen molar-refractivity contribution in [3.05, 3.63) is 86.2 Å². The number of aromatic nitrogens is 3. The van der Waals surface area contributed by atoms with Crippen LogP contribution in [0.2, 0.25) is 0 Å². The zero-order valence-corrected chi connectivity index (χ0v) is 17.3. The number of rotatable bonds is 3. The number of nitrogens with one attached hydrogen (secondary N) is 1.